The third-order valence-electron chi connectivity index (χ3n) is 5.39. The molecule has 1 saturated heterocycles. The van der Waals surface area contributed by atoms with Gasteiger partial charge < -0.3 is 14.7 Å². The van der Waals surface area contributed by atoms with Crippen molar-refractivity contribution >= 4 is 5.91 Å². The molecule has 1 aliphatic heterocycles. The fourth-order valence-electron chi connectivity index (χ4n) is 4.01. The van der Waals surface area contributed by atoms with Crippen LogP contribution in [0, 0.1) is 11.7 Å². The minimum atomic E-state index is -0.450. The van der Waals surface area contributed by atoms with Crippen LogP contribution in [0.25, 0.3) is 0 Å². The first kappa shape index (κ1) is 23.4. The Kier molecular flexibility index (Phi) is 8.58. The van der Waals surface area contributed by atoms with Crippen molar-refractivity contribution in [2.45, 2.75) is 32.5 Å². The number of rotatable bonds is 9. The van der Waals surface area contributed by atoms with E-state index in [1.165, 1.54) is 24.3 Å². The highest BCUT2D eigenvalue weighted by molar-refractivity contribution is 5.94. The van der Waals surface area contributed by atoms with E-state index in [0.29, 0.717) is 50.7 Å². The molecule has 3 rings (SSSR count). The van der Waals surface area contributed by atoms with E-state index in [4.69, 9.17) is 4.74 Å². The molecule has 2 aromatic rings. The molecule has 1 fully saturated rings. The van der Waals surface area contributed by atoms with Gasteiger partial charge in [0, 0.05) is 38.3 Å². The molecule has 0 saturated carbocycles. The van der Waals surface area contributed by atoms with Gasteiger partial charge >= 0.3 is 0 Å². The second kappa shape index (κ2) is 11.4. The highest BCUT2D eigenvalue weighted by atomic mass is 19.1. The van der Waals surface area contributed by atoms with E-state index >= 15 is 0 Å². The molecule has 168 valence electrons. The number of nitrogens with zero attached hydrogens (tertiary/aromatic N) is 2. The molecule has 0 aromatic heterocycles. The van der Waals surface area contributed by atoms with Crippen molar-refractivity contribution in [1.29, 1.82) is 0 Å². The number of hydrogen-bond donors (Lipinski definition) is 1. The number of halogens is 1. The van der Waals surface area contributed by atoms with Crippen LogP contribution in [-0.2, 0) is 11.2 Å². The predicted octanol–water partition coefficient (Wildman–Crippen LogP) is 3.23. The fraction of sp³-hybridized carbons (Fsp3) is 0.480. The molecular weight excluding hydrogens is 395 g/mol. The summed E-state index contributed by atoms with van der Waals surface area (Å²) in [5, 5.41) is 10.5. The van der Waals surface area contributed by atoms with Gasteiger partial charge in [0.25, 0.3) is 5.91 Å². The van der Waals surface area contributed by atoms with Gasteiger partial charge in [-0.3, -0.25) is 9.69 Å². The highest BCUT2D eigenvalue weighted by Crippen LogP contribution is 2.14. The zero-order valence-corrected chi connectivity index (χ0v) is 18.4. The molecule has 2 atom stereocenters. The molecule has 0 unspecified atom stereocenters. The summed E-state index contributed by atoms with van der Waals surface area (Å²) in [6.45, 7) is 7.79. The number of carbonyl (C=O) groups is 1. The third kappa shape index (κ3) is 7.42. The highest BCUT2D eigenvalue weighted by Gasteiger charge is 2.27. The van der Waals surface area contributed by atoms with Crippen molar-refractivity contribution in [1.82, 2.24) is 9.80 Å². The largest absolute Gasteiger partial charge is 0.391 e. The molecule has 0 spiro atoms. The van der Waals surface area contributed by atoms with Crippen LogP contribution in [-0.4, -0.2) is 72.4 Å². The van der Waals surface area contributed by atoms with Crippen LogP contribution in [0.2, 0.25) is 0 Å². The van der Waals surface area contributed by atoms with Gasteiger partial charge in [-0.05, 0) is 42.2 Å². The summed E-state index contributed by atoms with van der Waals surface area (Å²) in [4.78, 5) is 17.0. The third-order valence-corrected chi connectivity index (χ3v) is 5.39. The molecule has 0 aliphatic carbocycles. The lowest BCUT2D eigenvalue weighted by atomic mass is 10.1. The number of hydrogen-bond acceptors (Lipinski definition) is 4. The number of β-amino-alcohol motifs (C(OH)–C–C–N with tert-alkyl or cyclic N) is 1. The SMILES string of the molecule is CC(C)CN(C[C@@H]1CN(C[C@@H](O)Cc2ccccc2)CCO1)C(=O)c1ccc(F)cc1. The Balaban J connectivity index is 1.58. The zero-order valence-electron chi connectivity index (χ0n) is 18.4. The molecule has 6 heteroatoms. The summed E-state index contributed by atoms with van der Waals surface area (Å²) in [7, 11) is 0. The quantitative estimate of drug-likeness (QED) is 0.666. The van der Waals surface area contributed by atoms with Crippen molar-refractivity contribution in [2.24, 2.45) is 5.92 Å². The fourth-order valence-corrected chi connectivity index (χ4v) is 4.01. The second-order valence-corrected chi connectivity index (χ2v) is 8.71. The average Bonchev–Trinajstić information content (AvgIpc) is 2.74. The molecule has 0 bridgehead atoms. The van der Waals surface area contributed by atoms with Gasteiger partial charge in [-0.15, -0.1) is 0 Å². The van der Waals surface area contributed by atoms with Crippen LogP contribution in [0.1, 0.15) is 29.8 Å². The summed E-state index contributed by atoms with van der Waals surface area (Å²) in [6, 6.07) is 15.7. The maximum Gasteiger partial charge on any atom is 0.253 e. The normalized spacial score (nSPS) is 18.2. The van der Waals surface area contributed by atoms with E-state index in [2.05, 4.69) is 18.7 Å². The lowest BCUT2D eigenvalue weighted by Crippen LogP contribution is -2.51. The maximum atomic E-state index is 13.2. The van der Waals surface area contributed by atoms with Gasteiger partial charge in [0.2, 0.25) is 0 Å². The molecule has 1 heterocycles. The summed E-state index contributed by atoms with van der Waals surface area (Å²) >= 11 is 0. The van der Waals surface area contributed by atoms with E-state index in [1.807, 2.05) is 30.3 Å². The van der Waals surface area contributed by atoms with E-state index in [9.17, 15) is 14.3 Å². The smallest absolute Gasteiger partial charge is 0.253 e. The molecule has 1 aliphatic rings. The first-order chi connectivity index (χ1) is 14.9. The van der Waals surface area contributed by atoms with Crippen molar-refractivity contribution in [3.63, 3.8) is 0 Å². The Labute approximate surface area is 184 Å². The van der Waals surface area contributed by atoms with Gasteiger partial charge in [-0.1, -0.05) is 44.2 Å². The standard InChI is InChI=1S/C25H33FN2O3/c1-19(2)15-28(25(30)21-8-10-22(26)11-9-21)18-24-17-27(12-13-31-24)16-23(29)14-20-6-4-3-5-7-20/h3-11,19,23-24,29H,12-18H2,1-2H3/t23-,24-/m0/s1. The van der Waals surface area contributed by atoms with Crippen LogP contribution in [0.3, 0.4) is 0 Å². The van der Waals surface area contributed by atoms with Crippen LogP contribution in [0.5, 0.6) is 0 Å². The molecule has 2 aromatic carbocycles. The monoisotopic (exact) mass is 428 g/mol. The van der Waals surface area contributed by atoms with E-state index < -0.39 is 6.10 Å². The van der Waals surface area contributed by atoms with Gasteiger partial charge in [0.15, 0.2) is 0 Å². The van der Waals surface area contributed by atoms with Crippen LogP contribution in [0.15, 0.2) is 54.6 Å². The number of carbonyl (C=O) groups excluding carboxylic acids is 1. The summed E-state index contributed by atoms with van der Waals surface area (Å²) in [6.07, 6.45) is 0.0420. The summed E-state index contributed by atoms with van der Waals surface area (Å²) in [5.41, 5.74) is 1.60. The number of ether oxygens (including phenoxy) is 1. The minimum absolute atomic E-state index is 0.112. The van der Waals surface area contributed by atoms with Crippen molar-refractivity contribution in [3.8, 4) is 0 Å². The Bertz CT molecular complexity index is 813. The zero-order chi connectivity index (χ0) is 22.2. The molecule has 31 heavy (non-hydrogen) atoms. The number of aliphatic hydroxyl groups excluding tert-OH is 1. The lowest BCUT2D eigenvalue weighted by molar-refractivity contribution is -0.0510. The van der Waals surface area contributed by atoms with E-state index in [1.54, 1.807) is 4.90 Å². The first-order valence-electron chi connectivity index (χ1n) is 11.0. The van der Waals surface area contributed by atoms with E-state index in [-0.39, 0.29) is 17.8 Å². The molecule has 1 amide bonds. The maximum absolute atomic E-state index is 13.2. The van der Waals surface area contributed by atoms with E-state index in [0.717, 1.165) is 12.1 Å². The molecular formula is C25H33FN2O3. The van der Waals surface area contributed by atoms with Crippen molar-refractivity contribution in [3.05, 3.63) is 71.5 Å². The number of aliphatic hydroxyl groups is 1. The Hall–Kier alpha value is -2.28. The van der Waals surface area contributed by atoms with Crippen LogP contribution >= 0.6 is 0 Å². The van der Waals surface area contributed by atoms with Gasteiger partial charge in [-0.2, -0.15) is 0 Å². The van der Waals surface area contributed by atoms with Crippen molar-refractivity contribution < 1.29 is 19.0 Å². The molecule has 0 radical (unpaired) electrons. The summed E-state index contributed by atoms with van der Waals surface area (Å²) < 4.78 is 19.2. The molecule has 5 nitrogen and oxygen atoms in total. The first-order valence-corrected chi connectivity index (χ1v) is 11.0. The number of amides is 1. The molecule has 1 N–H and O–H groups in total. The second-order valence-electron chi connectivity index (χ2n) is 8.71. The van der Waals surface area contributed by atoms with Gasteiger partial charge in [0.1, 0.15) is 5.82 Å². The average molecular weight is 429 g/mol. The van der Waals surface area contributed by atoms with Gasteiger partial charge in [0.05, 0.1) is 18.8 Å². The summed E-state index contributed by atoms with van der Waals surface area (Å²) in [5.74, 6) is -0.164. The Morgan fingerprint density at radius 1 is 1.19 bits per heavy atom. The van der Waals surface area contributed by atoms with Crippen LogP contribution < -0.4 is 0 Å². The van der Waals surface area contributed by atoms with Crippen molar-refractivity contribution in [2.75, 3.05) is 39.3 Å². The number of morpholine rings is 1. The predicted molar refractivity (Wildman–Crippen MR) is 119 cm³/mol. The lowest BCUT2D eigenvalue weighted by Gasteiger charge is -2.37. The Morgan fingerprint density at radius 3 is 2.58 bits per heavy atom. The topological polar surface area (TPSA) is 53.0 Å². The van der Waals surface area contributed by atoms with Gasteiger partial charge in [-0.25, -0.2) is 4.39 Å². The van der Waals surface area contributed by atoms with Crippen LogP contribution in [0.4, 0.5) is 4.39 Å². The number of benzene rings is 2. The Morgan fingerprint density at radius 2 is 1.90 bits per heavy atom. The minimum Gasteiger partial charge on any atom is -0.391 e.